The molecule has 8 aromatic carbocycles. The molecule has 0 N–H and O–H groups in total. The van der Waals surface area contributed by atoms with Crippen molar-refractivity contribution in [1.29, 1.82) is 0 Å². The maximum atomic E-state index is 6.84. The van der Waals surface area contributed by atoms with Gasteiger partial charge in [0.15, 0.2) is 0 Å². The zero-order valence-electron chi connectivity index (χ0n) is 24.8. The minimum Gasteiger partial charge on any atom is -0.456 e. The van der Waals surface area contributed by atoms with Crippen LogP contribution in [0.3, 0.4) is 0 Å². The Labute approximate surface area is 264 Å². The molecule has 2 aromatic heterocycles. The Kier molecular flexibility index (Phi) is 5.31. The van der Waals surface area contributed by atoms with E-state index >= 15 is 0 Å². The summed E-state index contributed by atoms with van der Waals surface area (Å²) in [5.74, 6) is 0. The number of benzene rings is 8. The van der Waals surface area contributed by atoms with Crippen LogP contribution in [0.25, 0.3) is 98.8 Å². The fourth-order valence-electron chi connectivity index (χ4n) is 7.49. The molecule has 0 radical (unpaired) electrons. The average molecular weight is 587 g/mol. The van der Waals surface area contributed by atoms with Crippen molar-refractivity contribution in [3.63, 3.8) is 0 Å². The second-order valence-electron chi connectivity index (χ2n) is 12.0. The second-order valence-corrected chi connectivity index (χ2v) is 12.0. The standard InChI is InChI=1S/C44H26O2/c1-2-12-27(13-3-1)41-31-15-4-6-17-33(31)42(34-18-7-5-16-32(34)41)36-24-23-29(43-35-19-9-11-21-39(35)46-44(36)43)28-22-25-40-37(26-28)30-14-8-10-20-38(30)45-40/h1-26H. The van der Waals surface area contributed by atoms with E-state index in [1.54, 1.807) is 0 Å². The Hall–Kier alpha value is -6.12. The van der Waals surface area contributed by atoms with E-state index in [1.807, 2.05) is 18.2 Å². The van der Waals surface area contributed by atoms with Crippen LogP contribution in [0.5, 0.6) is 0 Å². The molecule has 0 unspecified atom stereocenters. The van der Waals surface area contributed by atoms with Gasteiger partial charge in [-0.1, -0.05) is 127 Å². The van der Waals surface area contributed by atoms with Crippen molar-refractivity contribution < 1.29 is 8.83 Å². The lowest BCUT2D eigenvalue weighted by Gasteiger charge is -2.18. The van der Waals surface area contributed by atoms with E-state index in [9.17, 15) is 0 Å². The van der Waals surface area contributed by atoms with Gasteiger partial charge in [-0.25, -0.2) is 0 Å². The first kappa shape index (κ1) is 25.2. The quantitative estimate of drug-likeness (QED) is 0.193. The normalized spacial score (nSPS) is 11.9. The van der Waals surface area contributed by atoms with E-state index in [1.165, 1.54) is 38.2 Å². The van der Waals surface area contributed by atoms with Gasteiger partial charge in [0.1, 0.15) is 22.3 Å². The van der Waals surface area contributed by atoms with Crippen molar-refractivity contribution in [2.45, 2.75) is 0 Å². The molecule has 0 saturated carbocycles. The molecule has 0 bridgehead atoms. The van der Waals surface area contributed by atoms with Gasteiger partial charge in [0.05, 0.1) is 0 Å². The molecular formula is C44H26O2. The summed E-state index contributed by atoms with van der Waals surface area (Å²) in [4.78, 5) is 0. The van der Waals surface area contributed by atoms with Gasteiger partial charge in [-0.15, -0.1) is 0 Å². The summed E-state index contributed by atoms with van der Waals surface area (Å²) in [6, 6.07) is 56.0. The molecule has 214 valence electrons. The summed E-state index contributed by atoms with van der Waals surface area (Å²) >= 11 is 0. The molecule has 0 spiro atoms. The van der Waals surface area contributed by atoms with Crippen molar-refractivity contribution in [3.8, 4) is 33.4 Å². The molecular weight excluding hydrogens is 560 g/mol. The minimum absolute atomic E-state index is 0.885. The first-order valence-corrected chi connectivity index (χ1v) is 15.7. The lowest BCUT2D eigenvalue weighted by molar-refractivity contribution is 0.669. The Balaban J connectivity index is 1.32. The molecule has 2 nitrogen and oxygen atoms in total. The first-order chi connectivity index (χ1) is 22.8. The molecule has 0 fully saturated rings. The summed E-state index contributed by atoms with van der Waals surface area (Å²) < 4.78 is 13.0. The molecule has 2 heterocycles. The topological polar surface area (TPSA) is 26.3 Å². The van der Waals surface area contributed by atoms with Crippen LogP contribution in [0, 0.1) is 0 Å². The summed E-state index contributed by atoms with van der Waals surface area (Å²) in [5, 5.41) is 9.36. The minimum atomic E-state index is 0.885. The van der Waals surface area contributed by atoms with Gasteiger partial charge < -0.3 is 8.83 Å². The third kappa shape index (κ3) is 3.59. The van der Waals surface area contributed by atoms with E-state index in [0.29, 0.717) is 0 Å². The number of hydrogen-bond donors (Lipinski definition) is 0. The summed E-state index contributed by atoms with van der Waals surface area (Å²) in [7, 11) is 0. The van der Waals surface area contributed by atoms with E-state index < -0.39 is 0 Å². The highest BCUT2D eigenvalue weighted by molar-refractivity contribution is 6.25. The maximum Gasteiger partial charge on any atom is 0.143 e. The molecule has 0 amide bonds. The predicted octanol–water partition coefficient (Wildman–Crippen LogP) is 12.8. The Morgan fingerprint density at radius 2 is 0.826 bits per heavy atom. The number of para-hydroxylation sites is 2. The largest absolute Gasteiger partial charge is 0.456 e. The first-order valence-electron chi connectivity index (χ1n) is 15.7. The molecule has 0 aliphatic carbocycles. The Morgan fingerprint density at radius 1 is 0.304 bits per heavy atom. The van der Waals surface area contributed by atoms with E-state index in [2.05, 4.69) is 140 Å². The molecule has 0 atom stereocenters. The molecule has 0 aliphatic heterocycles. The van der Waals surface area contributed by atoms with Crippen molar-refractivity contribution in [3.05, 3.63) is 158 Å². The van der Waals surface area contributed by atoms with Crippen molar-refractivity contribution in [2.75, 3.05) is 0 Å². The molecule has 46 heavy (non-hydrogen) atoms. The Morgan fingerprint density at radius 3 is 1.52 bits per heavy atom. The van der Waals surface area contributed by atoms with Crippen LogP contribution in [0.1, 0.15) is 0 Å². The van der Waals surface area contributed by atoms with Crippen LogP contribution < -0.4 is 0 Å². The van der Waals surface area contributed by atoms with Gasteiger partial charge in [0.25, 0.3) is 0 Å². The van der Waals surface area contributed by atoms with Crippen molar-refractivity contribution in [1.82, 2.24) is 0 Å². The second kappa shape index (κ2) is 9.69. The fourth-order valence-corrected chi connectivity index (χ4v) is 7.49. The number of fused-ring (bicyclic) bond motifs is 8. The van der Waals surface area contributed by atoms with Crippen LogP contribution in [0.4, 0.5) is 0 Å². The smallest absolute Gasteiger partial charge is 0.143 e. The van der Waals surface area contributed by atoms with E-state index in [-0.39, 0.29) is 0 Å². The lowest BCUT2D eigenvalue weighted by atomic mass is 9.85. The molecule has 0 aliphatic rings. The number of hydrogen-bond acceptors (Lipinski definition) is 2. The number of rotatable bonds is 3. The highest BCUT2D eigenvalue weighted by atomic mass is 16.3. The maximum absolute atomic E-state index is 6.84. The molecule has 10 aromatic rings. The van der Waals surface area contributed by atoms with Gasteiger partial charge in [0, 0.05) is 32.7 Å². The van der Waals surface area contributed by atoms with Crippen LogP contribution >= 0.6 is 0 Å². The number of furan rings is 2. The highest BCUT2D eigenvalue weighted by Crippen LogP contribution is 2.48. The molecule has 2 heteroatoms. The van der Waals surface area contributed by atoms with Gasteiger partial charge in [0.2, 0.25) is 0 Å². The van der Waals surface area contributed by atoms with Crippen LogP contribution in [0.2, 0.25) is 0 Å². The van der Waals surface area contributed by atoms with Crippen LogP contribution in [-0.4, -0.2) is 0 Å². The average Bonchev–Trinajstić information content (AvgIpc) is 3.69. The third-order valence-corrected chi connectivity index (χ3v) is 9.48. The van der Waals surface area contributed by atoms with Gasteiger partial charge in [-0.2, -0.15) is 0 Å². The van der Waals surface area contributed by atoms with Crippen molar-refractivity contribution >= 4 is 65.4 Å². The summed E-state index contributed by atoms with van der Waals surface area (Å²) in [6.45, 7) is 0. The van der Waals surface area contributed by atoms with Gasteiger partial charge >= 0.3 is 0 Å². The summed E-state index contributed by atoms with van der Waals surface area (Å²) in [6.07, 6.45) is 0. The van der Waals surface area contributed by atoms with Crippen molar-refractivity contribution in [2.24, 2.45) is 0 Å². The molecule has 10 rings (SSSR count). The molecule has 0 saturated heterocycles. The fraction of sp³-hybridized carbons (Fsp3) is 0. The Bertz CT molecular complexity index is 2740. The summed E-state index contributed by atoms with van der Waals surface area (Å²) in [5.41, 5.74) is 10.6. The van der Waals surface area contributed by atoms with E-state index in [4.69, 9.17) is 8.83 Å². The van der Waals surface area contributed by atoms with Crippen LogP contribution in [-0.2, 0) is 0 Å². The van der Waals surface area contributed by atoms with Gasteiger partial charge in [-0.3, -0.25) is 0 Å². The highest BCUT2D eigenvalue weighted by Gasteiger charge is 2.22. The zero-order chi connectivity index (χ0) is 30.2. The monoisotopic (exact) mass is 586 g/mol. The third-order valence-electron chi connectivity index (χ3n) is 9.48. The SMILES string of the molecule is c1ccc(-c2c3ccccc3c(-c3ccc(-c4ccc5oc6ccccc6c5c4)c4c3oc3ccccc34)c3ccccc23)cc1. The predicted molar refractivity (Wildman–Crippen MR) is 192 cm³/mol. The van der Waals surface area contributed by atoms with Gasteiger partial charge in [-0.05, 0) is 74.1 Å². The van der Waals surface area contributed by atoms with Crippen LogP contribution in [0.15, 0.2) is 167 Å². The lowest BCUT2D eigenvalue weighted by Crippen LogP contribution is -1.91. The van der Waals surface area contributed by atoms with E-state index in [0.717, 1.165) is 60.6 Å². The zero-order valence-corrected chi connectivity index (χ0v) is 24.8.